The van der Waals surface area contributed by atoms with Crippen molar-refractivity contribution in [1.82, 2.24) is 5.32 Å². The summed E-state index contributed by atoms with van der Waals surface area (Å²) in [4.78, 5) is 23.5. The van der Waals surface area contributed by atoms with Crippen molar-refractivity contribution in [2.75, 3.05) is 6.54 Å². The molecular weight excluding hydrogens is 306 g/mol. The predicted octanol–water partition coefficient (Wildman–Crippen LogP) is 3.02. The van der Waals surface area contributed by atoms with Crippen molar-refractivity contribution in [3.63, 3.8) is 0 Å². The Labute approximate surface area is 143 Å². The number of amides is 1. The molecule has 0 saturated carbocycles. The van der Waals surface area contributed by atoms with Crippen molar-refractivity contribution >= 4 is 11.9 Å². The van der Waals surface area contributed by atoms with Crippen LogP contribution in [-0.2, 0) is 16.0 Å². The van der Waals surface area contributed by atoms with E-state index >= 15 is 0 Å². The Bertz CT molecular complexity index is 560. The van der Waals surface area contributed by atoms with Crippen molar-refractivity contribution < 1.29 is 19.4 Å². The lowest BCUT2D eigenvalue weighted by molar-refractivity contribution is -0.117. The third kappa shape index (κ3) is 8.48. The van der Waals surface area contributed by atoms with E-state index in [0.717, 1.165) is 5.56 Å². The molecule has 0 aliphatic heterocycles. The van der Waals surface area contributed by atoms with Gasteiger partial charge in [0.25, 0.3) is 0 Å². The molecule has 5 heteroatoms. The zero-order valence-corrected chi connectivity index (χ0v) is 14.7. The Hall–Kier alpha value is -2.14. The molecule has 0 radical (unpaired) electrons. The number of benzene rings is 1. The van der Waals surface area contributed by atoms with Gasteiger partial charge in [0, 0.05) is 19.4 Å². The van der Waals surface area contributed by atoms with Crippen LogP contribution in [0.5, 0.6) is 0 Å². The second-order valence-corrected chi connectivity index (χ2v) is 6.76. The Morgan fingerprint density at radius 2 is 1.88 bits per heavy atom. The van der Waals surface area contributed by atoms with Gasteiger partial charge in [-0.15, -0.1) is 0 Å². The van der Waals surface area contributed by atoms with E-state index in [1.165, 1.54) is 0 Å². The molecule has 1 aromatic carbocycles. The Morgan fingerprint density at radius 3 is 2.46 bits per heavy atom. The number of aliphatic hydroxyl groups is 1. The molecule has 0 bridgehead atoms. The molecule has 0 fully saturated rings. The van der Waals surface area contributed by atoms with Crippen molar-refractivity contribution in [3.8, 4) is 0 Å². The molecule has 0 heterocycles. The van der Waals surface area contributed by atoms with Crippen LogP contribution in [0.25, 0.3) is 0 Å². The standard InChI is InChI=1S/C19H27NO4/c1-14(12-15-8-6-5-7-9-15)17(22)13-16(21)10-11-20-18(23)24-19(2,3)4/h5-9,16,21H,1,10-13H2,2-4H3,(H,20,23). The minimum Gasteiger partial charge on any atom is -0.444 e. The zero-order valence-electron chi connectivity index (χ0n) is 14.7. The molecular formula is C19H27NO4. The molecule has 0 aromatic heterocycles. The molecule has 5 nitrogen and oxygen atoms in total. The molecule has 24 heavy (non-hydrogen) atoms. The van der Waals surface area contributed by atoms with Crippen LogP contribution in [0.15, 0.2) is 42.5 Å². The van der Waals surface area contributed by atoms with Gasteiger partial charge in [0.05, 0.1) is 6.10 Å². The first kappa shape index (κ1) is 19.9. The maximum Gasteiger partial charge on any atom is 0.407 e. The zero-order chi connectivity index (χ0) is 18.2. The largest absolute Gasteiger partial charge is 0.444 e. The summed E-state index contributed by atoms with van der Waals surface area (Å²) in [5.41, 5.74) is 0.922. The van der Waals surface area contributed by atoms with E-state index in [1.807, 2.05) is 30.3 Å². The number of ketones is 1. The summed E-state index contributed by atoms with van der Waals surface area (Å²) >= 11 is 0. The molecule has 2 N–H and O–H groups in total. The van der Waals surface area contributed by atoms with E-state index in [0.29, 0.717) is 12.0 Å². The highest BCUT2D eigenvalue weighted by Gasteiger charge is 2.17. The SMILES string of the molecule is C=C(Cc1ccccc1)C(=O)CC(O)CCNC(=O)OC(C)(C)C. The van der Waals surface area contributed by atoms with Crippen LogP contribution in [0.3, 0.4) is 0 Å². The maximum atomic E-state index is 12.1. The summed E-state index contributed by atoms with van der Waals surface area (Å²) in [6.07, 6.45) is -0.595. The van der Waals surface area contributed by atoms with Gasteiger partial charge >= 0.3 is 6.09 Å². The average molecular weight is 333 g/mol. The van der Waals surface area contributed by atoms with Crippen molar-refractivity contribution in [2.24, 2.45) is 0 Å². The number of aliphatic hydroxyl groups excluding tert-OH is 1. The summed E-state index contributed by atoms with van der Waals surface area (Å²) < 4.78 is 5.09. The van der Waals surface area contributed by atoms with Crippen LogP contribution in [0, 0.1) is 0 Å². The minimum atomic E-state index is -0.819. The van der Waals surface area contributed by atoms with Gasteiger partial charge in [-0.05, 0) is 38.3 Å². The first-order valence-corrected chi connectivity index (χ1v) is 8.07. The van der Waals surface area contributed by atoms with Gasteiger partial charge in [-0.1, -0.05) is 36.9 Å². The summed E-state index contributed by atoms with van der Waals surface area (Å²) in [6, 6.07) is 9.59. The first-order valence-electron chi connectivity index (χ1n) is 8.07. The van der Waals surface area contributed by atoms with Gasteiger partial charge < -0.3 is 15.2 Å². The number of alkyl carbamates (subject to hydrolysis) is 1. The highest BCUT2D eigenvalue weighted by atomic mass is 16.6. The molecule has 0 spiro atoms. The minimum absolute atomic E-state index is 0.00165. The lowest BCUT2D eigenvalue weighted by atomic mass is 9.99. The summed E-state index contributed by atoms with van der Waals surface area (Å²) in [5.74, 6) is -0.163. The van der Waals surface area contributed by atoms with E-state index in [1.54, 1.807) is 20.8 Å². The number of carbonyl (C=O) groups excluding carboxylic acids is 2. The fourth-order valence-electron chi connectivity index (χ4n) is 2.06. The Kier molecular flexibility index (Phi) is 7.65. The number of hydrogen-bond acceptors (Lipinski definition) is 4. The third-order valence-corrected chi connectivity index (χ3v) is 3.22. The molecule has 1 unspecified atom stereocenters. The van der Waals surface area contributed by atoms with Crippen LogP contribution in [0.4, 0.5) is 4.79 Å². The molecule has 0 aliphatic rings. The van der Waals surface area contributed by atoms with Crippen molar-refractivity contribution in [3.05, 3.63) is 48.0 Å². The second-order valence-electron chi connectivity index (χ2n) is 6.76. The van der Waals surface area contributed by atoms with Crippen molar-refractivity contribution in [1.29, 1.82) is 0 Å². The quantitative estimate of drug-likeness (QED) is 0.717. The summed E-state index contributed by atoms with van der Waals surface area (Å²) in [6.45, 7) is 9.37. The van der Waals surface area contributed by atoms with Crippen LogP contribution in [0.2, 0.25) is 0 Å². The van der Waals surface area contributed by atoms with Gasteiger partial charge in [-0.2, -0.15) is 0 Å². The monoisotopic (exact) mass is 333 g/mol. The fourth-order valence-corrected chi connectivity index (χ4v) is 2.06. The molecule has 132 valence electrons. The maximum absolute atomic E-state index is 12.1. The van der Waals surface area contributed by atoms with E-state index < -0.39 is 17.8 Å². The van der Waals surface area contributed by atoms with Crippen LogP contribution in [0.1, 0.15) is 39.2 Å². The highest BCUT2D eigenvalue weighted by molar-refractivity contribution is 5.95. The van der Waals surface area contributed by atoms with Gasteiger partial charge in [-0.3, -0.25) is 4.79 Å². The van der Waals surface area contributed by atoms with E-state index in [9.17, 15) is 14.7 Å². The molecule has 1 rings (SSSR count). The van der Waals surface area contributed by atoms with Gasteiger partial charge in [0.2, 0.25) is 0 Å². The van der Waals surface area contributed by atoms with E-state index in [-0.39, 0.29) is 25.2 Å². The molecule has 0 saturated heterocycles. The first-order chi connectivity index (χ1) is 11.2. The lowest BCUT2D eigenvalue weighted by Crippen LogP contribution is -2.34. The van der Waals surface area contributed by atoms with E-state index in [4.69, 9.17) is 4.74 Å². The normalized spacial score (nSPS) is 12.3. The van der Waals surface area contributed by atoms with Gasteiger partial charge in [0.15, 0.2) is 5.78 Å². The van der Waals surface area contributed by atoms with Crippen LogP contribution in [-0.4, -0.2) is 35.2 Å². The average Bonchev–Trinajstić information content (AvgIpc) is 2.46. The molecule has 1 aromatic rings. The van der Waals surface area contributed by atoms with Crippen molar-refractivity contribution in [2.45, 2.75) is 51.7 Å². The number of rotatable bonds is 8. The van der Waals surface area contributed by atoms with Gasteiger partial charge in [0.1, 0.15) is 5.60 Å². The summed E-state index contributed by atoms with van der Waals surface area (Å²) in [7, 11) is 0. The topological polar surface area (TPSA) is 75.6 Å². The van der Waals surface area contributed by atoms with Gasteiger partial charge in [-0.25, -0.2) is 4.79 Å². The van der Waals surface area contributed by atoms with E-state index in [2.05, 4.69) is 11.9 Å². The number of carbonyl (C=O) groups is 2. The highest BCUT2D eigenvalue weighted by Crippen LogP contribution is 2.11. The number of ether oxygens (including phenoxy) is 1. The number of hydrogen-bond donors (Lipinski definition) is 2. The fraction of sp³-hybridized carbons (Fsp3) is 0.474. The third-order valence-electron chi connectivity index (χ3n) is 3.22. The van der Waals surface area contributed by atoms with Crippen LogP contribution >= 0.6 is 0 Å². The number of nitrogens with one attached hydrogen (secondary N) is 1. The number of allylic oxidation sites excluding steroid dienone is 1. The Balaban J connectivity index is 2.29. The molecule has 1 atom stereocenters. The lowest BCUT2D eigenvalue weighted by Gasteiger charge is -2.20. The molecule has 1 amide bonds. The summed E-state index contributed by atoms with van der Waals surface area (Å²) in [5, 5.41) is 12.5. The molecule has 0 aliphatic carbocycles. The van der Waals surface area contributed by atoms with Crippen LogP contribution < -0.4 is 5.32 Å². The smallest absolute Gasteiger partial charge is 0.407 e. The second kappa shape index (κ2) is 9.23. The number of Topliss-reactive ketones (excluding diaryl/α,β-unsaturated/α-hetero) is 1. The Morgan fingerprint density at radius 1 is 1.25 bits per heavy atom. The predicted molar refractivity (Wildman–Crippen MR) is 93.8 cm³/mol.